The topological polar surface area (TPSA) is 57.8 Å². The number of carbonyl (C=O) groups excluding carboxylic acids is 1. The third-order valence-electron chi connectivity index (χ3n) is 5.91. The molecule has 0 aliphatic carbocycles. The largest absolute Gasteiger partial charge is 0.497 e. The van der Waals surface area contributed by atoms with Crippen LogP contribution in [0.1, 0.15) is 12.0 Å². The van der Waals surface area contributed by atoms with Crippen LogP contribution in [0.2, 0.25) is 0 Å². The molecule has 1 atom stereocenters. The first-order chi connectivity index (χ1) is 13.7. The predicted molar refractivity (Wildman–Crippen MR) is 108 cm³/mol. The van der Waals surface area contributed by atoms with E-state index in [4.69, 9.17) is 9.47 Å². The Balaban J connectivity index is 1.40. The summed E-state index contributed by atoms with van der Waals surface area (Å²) in [5.41, 5.74) is 2.95. The Morgan fingerprint density at radius 2 is 2.11 bits per heavy atom. The number of nitrogens with zero attached hydrogens (tertiary/aromatic N) is 2. The van der Waals surface area contributed by atoms with Crippen molar-refractivity contribution in [3.63, 3.8) is 0 Å². The highest BCUT2D eigenvalue weighted by atomic mass is 16.6. The van der Waals surface area contributed by atoms with Crippen LogP contribution in [0.15, 0.2) is 54.7 Å². The van der Waals surface area contributed by atoms with Gasteiger partial charge in [0.1, 0.15) is 12.4 Å². The Morgan fingerprint density at radius 1 is 1.21 bits per heavy atom. The highest BCUT2D eigenvalue weighted by Crippen LogP contribution is 2.39. The summed E-state index contributed by atoms with van der Waals surface area (Å²) in [7, 11) is 1.63. The van der Waals surface area contributed by atoms with E-state index < -0.39 is 0 Å². The van der Waals surface area contributed by atoms with Crippen LogP contribution in [0.4, 0.5) is 10.5 Å². The van der Waals surface area contributed by atoms with E-state index in [1.165, 1.54) is 10.9 Å². The molecule has 0 radical (unpaired) electrons. The second kappa shape index (κ2) is 6.56. The lowest BCUT2D eigenvalue weighted by atomic mass is 9.98. The van der Waals surface area contributed by atoms with Crippen molar-refractivity contribution in [1.82, 2.24) is 9.88 Å². The Kier molecular flexibility index (Phi) is 4.02. The summed E-state index contributed by atoms with van der Waals surface area (Å²) in [6.45, 7) is 2.99. The summed E-state index contributed by atoms with van der Waals surface area (Å²) >= 11 is 0. The average Bonchev–Trinajstić information content (AvgIpc) is 3.41. The fraction of sp³-hybridized carbons (Fsp3) is 0.318. The second-order valence-corrected chi connectivity index (χ2v) is 7.64. The van der Waals surface area contributed by atoms with Crippen LogP contribution in [-0.4, -0.2) is 48.3 Å². The molecular weight excluding hydrogens is 354 g/mol. The van der Waals surface area contributed by atoms with Crippen molar-refractivity contribution in [2.45, 2.75) is 18.5 Å². The number of aromatic amines is 1. The summed E-state index contributed by atoms with van der Waals surface area (Å²) in [5, 5.41) is 1.26. The Labute approximate surface area is 163 Å². The van der Waals surface area contributed by atoms with E-state index in [1.54, 1.807) is 7.11 Å². The summed E-state index contributed by atoms with van der Waals surface area (Å²) in [6.07, 6.45) is 2.70. The maximum absolute atomic E-state index is 12.6. The molecule has 3 heterocycles. The van der Waals surface area contributed by atoms with Gasteiger partial charge in [0.15, 0.2) is 0 Å². The van der Waals surface area contributed by atoms with Crippen LogP contribution < -0.4 is 9.64 Å². The number of aromatic nitrogens is 1. The van der Waals surface area contributed by atoms with Gasteiger partial charge in [-0.15, -0.1) is 0 Å². The van der Waals surface area contributed by atoms with Gasteiger partial charge in [0, 0.05) is 42.8 Å². The van der Waals surface area contributed by atoms with Gasteiger partial charge in [0.05, 0.1) is 18.3 Å². The lowest BCUT2D eigenvalue weighted by molar-refractivity contribution is 0.172. The van der Waals surface area contributed by atoms with Gasteiger partial charge in [-0.1, -0.05) is 24.3 Å². The van der Waals surface area contributed by atoms with Crippen LogP contribution >= 0.6 is 0 Å². The summed E-state index contributed by atoms with van der Waals surface area (Å²) in [4.78, 5) is 20.2. The van der Waals surface area contributed by atoms with Crippen molar-refractivity contribution in [2.75, 3.05) is 31.7 Å². The molecule has 6 nitrogen and oxygen atoms in total. The van der Waals surface area contributed by atoms with Crippen molar-refractivity contribution in [2.24, 2.45) is 0 Å². The first-order valence-electron chi connectivity index (χ1n) is 9.57. The first-order valence-corrected chi connectivity index (χ1v) is 9.57. The highest BCUT2D eigenvalue weighted by molar-refractivity contribution is 5.92. The SMILES string of the molecule is COc1cccc(N2C(=O)OCC23CCN(Cc2c[nH]c4ccccc24)C3)c1. The number of hydrogen-bond donors (Lipinski definition) is 1. The normalized spacial score (nSPS) is 22.3. The highest BCUT2D eigenvalue weighted by Gasteiger charge is 2.52. The number of nitrogens with one attached hydrogen (secondary N) is 1. The summed E-state index contributed by atoms with van der Waals surface area (Å²) < 4.78 is 10.8. The number of carbonyl (C=O) groups is 1. The molecule has 2 fully saturated rings. The standard InChI is InChI=1S/C22H23N3O3/c1-27-18-6-4-5-17(11-18)25-21(26)28-15-22(25)9-10-24(14-22)13-16-12-23-20-8-3-2-7-19(16)20/h2-8,11-12,23H,9-10,13-15H2,1H3. The van der Waals surface area contributed by atoms with Crippen molar-refractivity contribution in [3.05, 3.63) is 60.3 Å². The fourth-order valence-electron chi connectivity index (χ4n) is 4.53. The van der Waals surface area contributed by atoms with Gasteiger partial charge < -0.3 is 14.5 Å². The molecule has 0 bridgehead atoms. The van der Waals surface area contributed by atoms with E-state index in [2.05, 4.69) is 34.3 Å². The number of rotatable bonds is 4. The maximum atomic E-state index is 12.6. The molecule has 2 saturated heterocycles. The number of likely N-dealkylation sites (tertiary alicyclic amines) is 1. The third kappa shape index (κ3) is 2.72. The van der Waals surface area contributed by atoms with Crippen LogP contribution in [0, 0.1) is 0 Å². The average molecular weight is 377 g/mol. The van der Waals surface area contributed by atoms with Crippen LogP contribution in [0.25, 0.3) is 10.9 Å². The van der Waals surface area contributed by atoms with Crippen molar-refractivity contribution >= 4 is 22.7 Å². The van der Waals surface area contributed by atoms with Gasteiger partial charge in [-0.25, -0.2) is 4.79 Å². The first kappa shape index (κ1) is 17.1. The van der Waals surface area contributed by atoms with E-state index >= 15 is 0 Å². The smallest absolute Gasteiger partial charge is 0.415 e. The van der Waals surface area contributed by atoms with Gasteiger partial charge in [0.2, 0.25) is 0 Å². The van der Waals surface area contributed by atoms with Gasteiger partial charge in [-0.3, -0.25) is 9.80 Å². The van der Waals surface area contributed by atoms with Crippen LogP contribution in [0.3, 0.4) is 0 Å². The summed E-state index contributed by atoms with van der Waals surface area (Å²) in [5.74, 6) is 0.737. The second-order valence-electron chi connectivity index (χ2n) is 7.64. The fourth-order valence-corrected chi connectivity index (χ4v) is 4.53. The quantitative estimate of drug-likeness (QED) is 0.752. The molecule has 5 rings (SSSR count). The molecule has 1 spiro atoms. The number of H-pyrrole nitrogens is 1. The van der Waals surface area contributed by atoms with E-state index in [1.807, 2.05) is 35.2 Å². The molecule has 2 aliphatic rings. The van der Waals surface area contributed by atoms with E-state index in [-0.39, 0.29) is 11.6 Å². The van der Waals surface area contributed by atoms with Crippen molar-refractivity contribution < 1.29 is 14.3 Å². The minimum Gasteiger partial charge on any atom is -0.497 e. The zero-order valence-electron chi connectivity index (χ0n) is 15.9. The third-order valence-corrected chi connectivity index (χ3v) is 5.91. The molecule has 1 aromatic heterocycles. The minimum absolute atomic E-state index is 0.276. The molecule has 2 aromatic carbocycles. The zero-order chi connectivity index (χ0) is 19.1. The van der Waals surface area contributed by atoms with E-state index in [0.29, 0.717) is 6.61 Å². The lowest BCUT2D eigenvalue weighted by Gasteiger charge is -2.32. The van der Waals surface area contributed by atoms with Crippen molar-refractivity contribution in [1.29, 1.82) is 0 Å². The molecule has 1 unspecified atom stereocenters. The number of anilines is 1. The molecule has 3 aromatic rings. The number of methoxy groups -OCH3 is 1. The van der Waals surface area contributed by atoms with Gasteiger partial charge in [0.25, 0.3) is 0 Å². The van der Waals surface area contributed by atoms with E-state index in [0.717, 1.165) is 43.0 Å². The number of amides is 1. The molecule has 144 valence electrons. The number of hydrogen-bond acceptors (Lipinski definition) is 4. The molecule has 0 saturated carbocycles. The monoisotopic (exact) mass is 377 g/mol. The molecule has 1 amide bonds. The van der Waals surface area contributed by atoms with Gasteiger partial charge in [-0.2, -0.15) is 0 Å². The number of cyclic esters (lactones) is 1. The molecular formula is C22H23N3O3. The zero-order valence-corrected chi connectivity index (χ0v) is 15.9. The Bertz CT molecular complexity index is 1030. The minimum atomic E-state index is -0.324. The Morgan fingerprint density at radius 3 is 3.00 bits per heavy atom. The van der Waals surface area contributed by atoms with Gasteiger partial charge in [-0.05, 0) is 30.2 Å². The number of para-hydroxylation sites is 1. The van der Waals surface area contributed by atoms with Crippen LogP contribution in [0.5, 0.6) is 5.75 Å². The predicted octanol–water partition coefficient (Wildman–Crippen LogP) is 3.78. The van der Waals surface area contributed by atoms with Crippen LogP contribution in [-0.2, 0) is 11.3 Å². The number of benzene rings is 2. The maximum Gasteiger partial charge on any atom is 0.415 e. The number of fused-ring (bicyclic) bond motifs is 1. The molecule has 6 heteroatoms. The number of ether oxygens (including phenoxy) is 2. The Hall–Kier alpha value is -2.99. The van der Waals surface area contributed by atoms with Crippen molar-refractivity contribution in [3.8, 4) is 5.75 Å². The summed E-state index contributed by atoms with van der Waals surface area (Å²) in [6, 6.07) is 16.0. The molecule has 2 aliphatic heterocycles. The van der Waals surface area contributed by atoms with E-state index in [9.17, 15) is 4.79 Å². The molecule has 1 N–H and O–H groups in total. The lowest BCUT2D eigenvalue weighted by Crippen LogP contribution is -2.49. The van der Waals surface area contributed by atoms with Gasteiger partial charge >= 0.3 is 6.09 Å². The molecule has 28 heavy (non-hydrogen) atoms.